The SMILES string of the molecule is C=CCC(CCCCOC=O)C(=O)O. The second kappa shape index (κ2) is 8.29. The summed E-state index contributed by atoms with van der Waals surface area (Å²) in [6, 6.07) is 0. The van der Waals surface area contributed by atoms with Crippen LogP contribution in [0.2, 0.25) is 0 Å². The average molecular weight is 200 g/mol. The van der Waals surface area contributed by atoms with E-state index in [1.165, 1.54) is 0 Å². The molecule has 4 nitrogen and oxygen atoms in total. The van der Waals surface area contributed by atoms with Gasteiger partial charge in [-0.1, -0.05) is 6.08 Å². The van der Waals surface area contributed by atoms with E-state index in [0.29, 0.717) is 32.3 Å². The Hall–Kier alpha value is -1.32. The maximum Gasteiger partial charge on any atom is 0.306 e. The molecule has 0 amide bonds. The Kier molecular flexibility index (Phi) is 7.50. The van der Waals surface area contributed by atoms with Crippen LogP contribution in [0.4, 0.5) is 0 Å². The zero-order chi connectivity index (χ0) is 10.8. The minimum Gasteiger partial charge on any atom is -0.481 e. The Morgan fingerprint density at radius 2 is 2.21 bits per heavy atom. The van der Waals surface area contributed by atoms with Crippen LogP contribution >= 0.6 is 0 Å². The van der Waals surface area contributed by atoms with E-state index in [0.717, 1.165) is 6.42 Å². The summed E-state index contributed by atoms with van der Waals surface area (Å²) in [5.74, 6) is -1.15. The summed E-state index contributed by atoms with van der Waals surface area (Å²) < 4.78 is 4.49. The molecular formula is C10H16O4. The van der Waals surface area contributed by atoms with Crippen molar-refractivity contribution in [2.45, 2.75) is 25.7 Å². The normalized spacial score (nSPS) is 11.7. The van der Waals surface area contributed by atoms with Gasteiger partial charge in [0.2, 0.25) is 0 Å². The Morgan fingerprint density at radius 1 is 1.50 bits per heavy atom. The molecule has 0 radical (unpaired) electrons. The lowest BCUT2D eigenvalue weighted by Gasteiger charge is -2.08. The molecule has 1 N–H and O–H groups in total. The van der Waals surface area contributed by atoms with Crippen LogP contribution in [0.3, 0.4) is 0 Å². The number of hydrogen-bond acceptors (Lipinski definition) is 3. The highest BCUT2D eigenvalue weighted by Gasteiger charge is 2.14. The molecular weight excluding hydrogens is 184 g/mol. The van der Waals surface area contributed by atoms with Gasteiger partial charge in [0, 0.05) is 0 Å². The van der Waals surface area contributed by atoms with Crippen molar-refractivity contribution in [3.63, 3.8) is 0 Å². The maximum atomic E-state index is 10.7. The third-order valence-electron chi connectivity index (χ3n) is 1.93. The fraction of sp³-hybridized carbons (Fsp3) is 0.600. The van der Waals surface area contributed by atoms with Crippen molar-refractivity contribution in [1.82, 2.24) is 0 Å². The molecule has 80 valence electrons. The summed E-state index contributed by atoms with van der Waals surface area (Å²) in [6.45, 7) is 4.27. The number of hydrogen-bond donors (Lipinski definition) is 1. The minimum atomic E-state index is -0.791. The highest BCUT2D eigenvalue weighted by Crippen LogP contribution is 2.13. The second-order valence-corrected chi connectivity index (χ2v) is 3.02. The fourth-order valence-corrected chi connectivity index (χ4v) is 1.17. The van der Waals surface area contributed by atoms with Crippen LogP contribution in [0, 0.1) is 5.92 Å². The predicted octanol–water partition coefficient (Wildman–Crippen LogP) is 1.61. The van der Waals surface area contributed by atoms with Crippen LogP contribution in [-0.2, 0) is 14.3 Å². The Balaban J connectivity index is 3.55. The van der Waals surface area contributed by atoms with Crippen molar-refractivity contribution < 1.29 is 19.4 Å². The van der Waals surface area contributed by atoms with Crippen molar-refractivity contribution in [2.24, 2.45) is 5.92 Å². The molecule has 14 heavy (non-hydrogen) atoms. The first-order valence-corrected chi connectivity index (χ1v) is 4.61. The minimum absolute atomic E-state index is 0.358. The molecule has 0 heterocycles. The van der Waals surface area contributed by atoms with Crippen LogP contribution in [0.25, 0.3) is 0 Å². The van der Waals surface area contributed by atoms with E-state index in [9.17, 15) is 9.59 Å². The third kappa shape index (κ3) is 6.22. The van der Waals surface area contributed by atoms with Crippen LogP contribution in [0.1, 0.15) is 25.7 Å². The number of carboxylic acid groups (broad SMARTS) is 1. The number of rotatable bonds is 9. The number of carbonyl (C=O) groups is 2. The zero-order valence-electron chi connectivity index (χ0n) is 8.15. The standard InChI is InChI=1S/C10H16O4/c1-2-5-9(10(12)13)6-3-4-7-14-8-11/h2,8-9H,1,3-7H2,(H,12,13). The summed E-state index contributed by atoms with van der Waals surface area (Å²) in [6.07, 6.45) is 4.16. The van der Waals surface area contributed by atoms with Crippen LogP contribution < -0.4 is 0 Å². The first kappa shape index (κ1) is 12.7. The summed E-state index contributed by atoms with van der Waals surface area (Å²) in [5.41, 5.74) is 0. The number of carboxylic acids is 1. The van der Waals surface area contributed by atoms with Gasteiger partial charge in [-0.05, 0) is 25.7 Å². The van der Waals surface area contributed by atoms with E-state index >= 15 is 0 Å². The Bertz CT molecular complexity index is 189. The smallest absolute Gasteiger partial charge is 0.306 e. The van der Waals surface area contributed by atoms with Gasteiger partial charge in [-0.15, -0.1) is 6.58 Å². The van der Waals surface area contributed by atoms with Crippen molar-refractivity contribution in [3.8, 4) is 0 Å². The average Bonchev–Trinajstić information content (AvgIpc) is 2.15. The van der Waals surface area contributed by atoms with Crippen molar-refractivity contribution in [3.05, 3.63) is 12.7 Å². The van der Waals surface area contributed by atoms with Gasteiger partial charge in [0.1, 0.15) is 0 Å². The second-order valence-electron chi connectivity index (χ2n) is 3.02. The fourth-order valence-electron chi connectivity index (χ4n) is 1.17. The summed E-state index contributed by atoms with van der Waals surface area (Å²) in [4.78, 5) is 20.5. The highest BCUT2D eigenvalue weighted by atomic mass is 16.5. The molecule has 0 aliphatic carbocycles. The van der Waals surface area contributed by atoms with Gasteiger partial charge < -0.3 is 9.84 Å². The zero-order valence-corrected chi connectivity index (χ0v) is 8.15. The molecule has 0 aliphatic heterocycles. The third-order valence-corrected chi connectivity index (χ3v) is 1.93. The quantitative estimate of drug-likeness (QED) is 0.349. The topological polar surface area (TPSA) is 63.6 Å². The molecule has 1 atom stereocenters. The predicted molar refractivity (Wildman–Crippen MR) is 51.8 cm³/mol. The van der Waals surface area contributed by atoms with Gasteiger partial charge in [-0.3, -0.25) is 9.59 Å². The first-order valence-electron chi connectivity index (χ1n) is 4.61. The van der Waals surface area contributed by atoms with E-state index in [-0.39, 0.29) is 5.92 Å². The Labute approximate surface area is 83.6 Å². The van der Waals surface area contributed by atoms with E-state index in [2.05, 4.69) is 11.3 Å². The molecule has 0 aromatic carbocycles. The lowest BCUT2D eigenvalue weighted by Crippen LogP contribution is -2.12. The van der Waals surface area contributed by atoms with Crippen LogP contribution in [0.15, 0.2) is 12.7 Å². The molecule has 4 heteroatoms. The molecule has 0 saturated heterocycles. The van der Waals surface area contributed by atoms with E-state index < -0.39 is 5.97 Å². The van der Waals surface area contributed by atoms with Gasteiger partial charge in [-0.2, -0.15) is 0 Å². The van der Waals surface area contributed by atoms with Gasteiger partial charge in [0.05, 0.1) is 12.5 Å². The number of unbranched alkanes of at least 4 members (excludes halogenated alkanes) is 1. The van der Waals surface area contributed by atoms with Crippen LogP contribution in [-0.4, -0.2) is 24.2 Å². The highest BCUT2D eigenvalue weighted by molar-refractivity contribution is 5.70. The number of ether oxygens (including phenoxy) is 1. The van der Waals surface area contributed by atoms with Gasteiger partial charge in [-0.25, -0.2) is 0 Å². The lowest BCUT2D eigenvalue weighted by molar-refractivity contribution is -0.142. The largest absolute Gasteiger partial charge is 0.481 e. The number of carbonyl (C=O) groups excluding carboxylic acids is 1. The lowest BCUT2D eigenvalue weighted by atomic mass is 9.99. The first-order chi connectivity index (χ1) is 6.72. The van der Waals surface area contributed by atoms with E-state index in [1.807, 2.05) is 0 Å². The van der Waals surface area contributed by atoms with Crippen molar-refractivity contribution >= 4 is 12.4 Å². The molecule has 0 rings (SSSR count). The summed E-state index contributed by atoms with van der Waals surface area (Å²) in [7, 11) is 0. The molecule has 0 bridgehead atoms. The monoisotopic (exact) mass is 200 g/mol. The molecule has 0 aliphatic rings. The van der Waals surface area contributed by atoms with E-state index in [1.54, 1.807) is 6.08 Å². The van der Waals surface area contributed by atoms with Gasteiger partial charge >= 0.3 is 5.97 Å². The number of aliphatic carboxylic acids is 1. The molecule has 0 fully saturated rings. The summed E-state index contributed by atoms with van der Waals surface area (Å²) in [5, 5.41) is 8.77. The van der Waals surface area contributed by atoms with Crippen LogP contribution in [0.5, 0.6) is 0 Å². The summed E-state index contributed by atoms with van der Waals surface area (Å²) >= 11 is 0. The van der Waals surface area contributed by atoms with Crippen molar-refractivity contribution in [2.75, 3.05) is 6.61 Å². The van der Waals surface area contributed by atoms with E-state index in [4.69, 9.17) is 5.11 Å². The molecule has 0 aromatic heterocycles. The number of allylic oxidation sites excluding steroid dienone is 1. The molecule has 1 unspecified atom stereocenters. The Morgan fingerprint density at radius 3 is 2.71 bits per heavy atom. The molecule has 0 spiro atoms. The van der Waals surface area contributed by atoms with Gasteiger partial charge in [0.25, 0.3) is 6.47 Å². The maximum absolute atomic E-state index is 10.7. The van der Waals surface area contributed by atoms with Gasteiger partial charge in [0.15, 0.2) is 0 Å². The van der Waals surface area contributed by atoms with Crippen molar-refractivity contribution in [1.29, 1.82) is 0 Å². The molecule has 0 aromatic rings. The molecule has 0 saturated carbocycles.